The second kappa shape index (κ2) is 6.33. The summed E-state index contributed by atoms with van der Waals surface area (Å²) in [6, 6.07) is 4.91. The van der Waals surface area contributed by atoms with Crippen molar-refractivity contribution in [2.75, 3.05) is 6.54 Å². The highest BCUT2D eigenvalue weighted by atomic mass is 16.1. The number of rotatable bonds is 5. The fourth-order valence-corrected chi connectivity index (χ4v) is 3.14. The van der Waals surface area contributed by atoms with E-state index >= 15 is 0 Å². The lowest BCUT2D eigenvalue weighted by Crippen LogP contribution is -2.32. The van der Waals surface area contributed by atoms with Crippen LogP contribution in [0.1, 0.15) is 47.9 Å². The van der Waals surface area contributed by atoms with Crippen LogP contribution in [0, 0.1) is 20.8 Å². The Morgan fingerprint density at radius 3 is 2.32 bits per heavy atom. The minimum Gasteiger partial charge on any atom is -0.307 e. The number of aryl methyl sites for hydroxylation is 3. The summed E-state index contributed by atoms with van der Waals surface area (Å²) in [7, 11) is 0. The second-order valence-electron chi connectivity index (χ2n) is 5.96. The van der Waals surface area contributed by atoms with Crippen LogP contribution in [0.2, 0.25) is 0 Å². The molecule has 0 aliphatic heterocycles. The number of benzene rings is 1. The van der Waals surface area contributed by atoms with E-state index in [1.165, 1.54) is 47.9 Å². The van der Waals surface area contributed by atoms with E-state index in [0.717, 1.165) is 0 Å². The average Bonchev–Trinajstić information content (AvgIpc) is 2.84. The van der Waals surface area contributed by atoms with Crippen LogP contribution in [0.5, 0.6) is 0 Å². The maximum atomic E-state index is 12.1. The molecule has 0 bridgehead atoms. The van der Waals surface area contributed by atoms with Gasteiger partial charge in [0.1, 0.15) is 0 Å². The van der Waals surface area contributed by atoms with Crippen molar-refractivity contribution >= 4 is 5.78 Å². The normalized spacial score (nSPS) is 15.9. The fourth-order valence-electron chi connectivity index (χ4n) is 3.14. The van der Waals surface area contributed by atoms with Crippen LogP contribution in [0.25, 0.3) is 0 Å². The molecule has 0 saturated heterocycles. The Morgan fingerprint density at radius 2 is 1.74 bits per heavy atom. The first-order chi connectivity index (χ1) is 9.06. The Labute approximate surface area is 116 Å². The number of hydrogen-bond donors (Lipinski definition) is 1. The SMILES string of the molecule is Cc1cc(C)c(CC(=O)CNC2CCCC2)c(C)c1. The van der Waals surface area contributed by atoms with Crippen LogP contribution < -0.4 is 5.32 Å². The Kier molecular flexibility index (Phi) is 4.76. The molecule has 0 unspecified atom stereocenters. The molecule has 104 valence electrons. The molecule has 1 fully saturated rings. The minimum absolute atomic E-state index is 0.307. The molecule has 1 N–H and O–H groups in total. The molecule has 0 spiro atoms. The first kappa shape index (κ1) is 14.3. The summed E-state index contributed by atoms with van der Waals surface area (Å²) in [4.78, 5) is 12.1. The summed E-state index contributed by atoms with van der Waals surface area (Å²) < 4.78 is 0. The van der Waals surface area contributed by atoms with Gasteiger partial charge in [0.15, 0.2) is 5.78 Å². The number of Topliss-reactive ketones (excluding diaryl/α,β-unsaturated/α-hetero) is 1. The molecule has 0 amide bonds. The van der Waals surface area contributed by atoms with E-state index in [0.29, 0.717) is 24.8 Å². The summed E-state index contributed by atoms with van der Waals surface area (Å²) in [5.41, 5.74) is 4.97. The molecule has 2 rings (SSSR count). The molecule has 0 atom stereocenters. The summed E-state index contributed by atoms with van der Waals surface area (Å²) in [5.74, 6) is 0.307. The summed E-state index contributed by atoms with van der Waals surface area (Å²) >= 11 is 0. The van der Waals surface area contributed by atoms with Gasteiger partial charge in [-0.25, -0.2) is 0 Å². The van der Waals surface area contributed by atoms with Gasteiger partial charge in [-0.2, -0.15) is 0 Å². The Morgan fingerprint density at radius 1 is 1.16 bits per heavy atom. The van der Waals surface area contributed by atoms with Gasteiger partial charge in [-0.3, -0.25) is 4.79 Å². The molecular formula is C17H25NO. The van der Waals surface area contributed by atoms with E-state index in [1.807, 2.05) is 0 Å². The second-order valence-corrected chi connectivity index (χ2v) is 5.96. The molecule has 2 nitrogen and oxygen atoms in total. The largest absolute Gasteiger partial charge is 0.307 e. The fraction of sp³-hybridized carbons (Fsp3) is 0.588. The topological polar surface area (TPSA) is 29.1 Å². The molecule has 1 saturated carbocycles. The summed E-state index contributed by atoms with van der Waals surface area (Å²) in [6.07, 6.45) is 5.65. The molecule has 19 heavy (non-hydrogen) atoms. The lowest BCUT2D eigenvalue weighted by Gasteiger charge is -2.13. The number of nitrogens with one attached hydrogen (secondary N) is 1. The van der Waals surface area contributed by atoms with Crippen LogP contribution in [-0.4, -0.2) is 18.4 Å². The van der Waals surface area contributed by atoms with Crippen molar-refractivity contribution < 1.29 is 4.79 Å². The third-order valence-electron chi connectivity index (χ3n) is 4.16. The van der Waals surface area contributed by atoms with Crippen molar-refractivity contribution in [2.45, 2.75) is 58.9 Å². The Balaban J connectivity index is 1.91. The van der Waals surface area contributed by atoms with Crippen molar-refractivity contribution in [3.05, 3.63) is 34.4 Å². The maximum Gasteiger partial charge on any atom is 0.150 e. The van der Waals surface area contributed by atoms with Gasteiger partial charge < -0.3 is 5.32 Å². The highest BCUT2D eigenvalue weighted by Gasteiger charge is 2.16. The van der Waals surface area contributed by atoms with Crippen molar-refractivity contribution in [1.29, 1.82) is 0 Å². The molecule has 0 heterocycles. The minimum atomic E-state index is 0.307. The highest BCUT2D eigenvalue weighted by Crippen LogP contribution is 2.18. The predicted octanol–water partition coefficient (Wildman–Crippen LogP) is 3.26. The molecule has 2 heteroatoms. The molecule has 1 aromatic carbocycles. The molecular weight excluding hydrogens is 234 g/mol. The van der Waals surface area contributed by atoms with Crippen LogP contribution in [0.4, 0.5) is 0 Å². The van der Waals surface area contributed by atoms with Crippen LogP contribution >= 0.6 is 0 Å². The van der Waals surface area contributed by atoms with Gasteiger partial charge in [-0.15, -0.1) is 0 Å². The Hall–Kier alpha value is -1.15. The molecule has 1 aliphatic carbocycles. The van der Waals surface area contributed by atoms with E-state index in [4.69, 9.17) is 0 Å². The molecule has 1 aliphatic rings. The number of carbonyl (C=O) groups excluding carboxylic acids is 1. The molecule has 1 aromatic rings. The van der Waals surface area contributed by atoms with E-state index in [1.54, 1.807) is 0 Å². The van der Waals surface area contributed by atoms with Crippen LogP contribution in [-0.2, 0) is 11.2 Å². The van der Waals surface area contributed by atoms with Gasteiger partial charge in [0, 0.05) is 12.5 Å². The smallest absolute Gasteiger partial charge is 0.150 e. The monoisotopic (exact) mass is 259 g/mol. The van der Waals surface area contributed by atoms with Crippen LogP contribution in [0.15, 0.2) is 12.1 Å². The lowest BCUT2D eigenvalue weighted by atomic mass is 9.96. The quantitative estimate of drug-likeness (QED) is 0.879. The maximum absolute atomic E-state index is 12.1. The number of hydrogen-bond acceptors (Lipinski definition) is 2. The van der Waals surface area contributed by atoms with E-state index in [2.05, 4.69) is 38.2 Å². The van der Waals surface area contributed by atoms with Crippen LogP contribution in [0.3, 0.4) is 0 Å². The third kappa shape index (κ3) is 3.90. The standard InChI is InChI=1S/C17H25NO/c1-12-8-13(2)17(14(3)9-12)10-16(19)11-18-15-6-4-5-7-15/h8-9,15,18H,4-7,10-11H2,1-3H3. The zero-order valence-electron chi connectivity index (χ0n) is 12.4. The van der Waals surface area contributed by atoms with Gasteiger partial charge in [0.2, 0.25) is 0 Å². The Bertz CT molecular complexity index is 435. The average molecular weight is 259 g/mol. The highest BCUT2D eigenvalue weighted by molar-refractivity contribution is 5.83. The van der Waals surface area contributed by atoms with Gasteiger partial charge in [-0.1, -0.05) is 30.5 Å². The third-order valence-corrected chi connectivity index (χ3v) is 4.16. The number of carbonyl (C=O) groups is 1. The van der Waals surface area contributed by atoms with Gasteiger partial charge in [0.05, 0.1) is 6.54 Å². The van der Waals surface area contributed by atoms with Crippen molar-refractivity contribution in [3.63, 3.8) is 0 Å². The first-order valence-corrected chi connectivity index (χ1v) is 7.38. The lowest BCUT2D eigenvalue weighted by molar-refractivity contribution is -0.117. The summed E-state index contributed by atoms with van der Waals surface area (Å²) in [5, 5.41) is 3.40. The first-order valence-electron chi connectivity index (χ1n) is 7.38. The zero-order valence-corrected chi connectivity index (χ0v) is 12.4. The van der Waals surface area contributed by atoms with E-state index in [9.17, 15) is 4.79 Å². The van der Waals surface area contributed by atoms with Crippen molar-refractivity contribution in [2.24, 2.45) is 0 Å². The van der Waals surface area contributed by atoms with Gasteiger partial charge >= 0.3 is 0 Å². The molecule has 0 aromatic heterocycles. The van der Waals surface area contributed by atoms with Crippen molar-refractivity contribution in [3.8, 4) is 0 Å². The van der Waals surface area contributed by atoms with Gasteiger partial charge in [0.25, 0.3) is 0 Å². The van der Waals surface area contributed by atoms with Crippen molar-refractivity contribution in [1.82, 2.24) is 5.32 Å². The van der Waals surface area contributed by atoms with E-state index in [-0.39, 0.29) is 0 Å². The molecule has 0 radical (unpaired) electrons. The zero-order chi connectivity index (χ0) is 13.8. The van der Waals surface area contributed by atoms with Gasteiger partial charge in [-0.05, 0) is 50.3 Å². The number of ketones is 1. The predicted molar refractivity (Wildman–Crippen MR) is 79.6 cm³/mol. The van der Waals surface area contributed by atoms with E-state index < -0.39 is 0 Å². The summed E-state index contributed by atoms with van der Waals surface area (Å²) in [6.45, 7) is 6.84.